The molecule has 1 fully saturated rings. The quantitative estimate of drug-likeness (QED) is 0.863. The number of aryl methyl sites for hydroxylation is 1. The lowest BCUT2D eigenvalue weighted by Gasteiger charge is -2.14. The molecular formula is C15H23NO. The van der Waals surface area contributed by atoms with Crippen molar-refractivity contribution in [3.05, 3.63) is 35.4 Å². The largest absolute Gasteiger partial charge is 0.376 e. The lowest BCUT2D eigenvalue weighted by Crippen LogP contribution is -2.15. The summed E-state index contributed by atoms with van der Waals surface area (Å²) in [6.45, 7) is 6.12. The number of benzene rings is 1. The number of hydrogen-bond acceptors (Lipinski definition) is 2. The van der Waals surface area contributed by atoms with Crippen LogP contribution in [-0.4, -0.2) is 19.7 Å². The van der Waals surface area contributed by atoms with Gasteiger partial charge in [-0.15, -0.1) is 0 Å². The highest BCUT2D eigenvalue weighted by atomic mass is 16.5. The fraction of sp³-hybridized carbons (Fsp3) is 0.600. The first kappa shape index (κ1) is 12.6. The summed E-state index contributed by atoms with van der Waals surface area (Å²) in [7, 11) is 0. The minimum Gasteiger partial charge on any atom is -0.376 e. The fourth-order valence-electron chi connectivity index (χ4n) is 2.40. The summed E-state index contributed by atoms with van der Waals surface area (Å²) in [6.07, 6.45) is 3.85. The molecule has 0 spiro atoms. The summed E-state index contributed by atoms with van der Waals surface area (Å²) in [5.41, 5.74) is 2.60. The molecule has 0 aliphatic carbocycles. The van der Waals surface area contributed by atoms with Crippen LogP contribution in [0.3, 0.4) is 0 Å². The first-order chi connectivity index (χ1) is 8.34. The Labute approximate surface area is 104 Å². The van der Waals surface area contributed by atoms with Crippen molar-refractivity contribution in [2.24, 2.45) is 5.92 Å². The van der Waals surface area contributed by atoms with Crippen molar-refractivity contribution in [2.75, 3.05) is 19.7 Å². The van der Waals surface area contributed by atoms with E-state index in [-0.39, 0.29) is 0 Å². The second kappa shape index (κ2) is 6.77. The Bertz CT molecular complexity index is 329. The van der Waals surface area contributed by atoms with Gasteiger partial charge in [-0.1, -0.05) is 29.8 Å². The average Bonchev–Trinajstić information content (AvgIpc) is 2.58. The number of nitrogens with one attached hydrogen (secondary N) is 1. The Morgan fingerprint density at radius 1 is 1.29 bits per heavy atom. The normalized spacial score (nSPS) is 21.1. The van der Waals surface area contributed by atoms with Gasteiger partial charge in [-0.05, 0) is 50.8 Å². The maximum absolute atomic E-state index is 5.84. The van der Waals surface area contributed by atoms with E-state index >= 15 is 0 Å². The molecule has 1 saturated heterocycles. The van der Waals surface area contributed by atoms with E-state index in [1.54, 1.807) is 0 Å². The standard InChI is InChI=1S/C15H23NO/c1-13-4-2-5-15(10-13)12-17-11-14-6-3-8-16-9-7-14/h2,4-5,10,14,16H,3,6-9,11-12H2,1H3. The molecule has 0 saturated carbocycles. The lowest BCUT2D eigenvalue weighted by molar-refractivity contribution is 0.0829. The summed E-state index contributed by atoms with van der Waals surface area (Å²) in [5, 5.41) is 3.44. The molecule has 0 amide bonds. The van der Waals surface area contributed by atoms with Crippen LogP contribution >= 0.6 is 0 Å². The third-order valence-electron chi connectivity index (χ3n) is 3.40. The summed E-state index contributed by atoms with van der Waals surface area (Å²) in [4.78, 5) is 0. The van der Waals surface area contributed by atoms with E-state index in [1.807, 2.05) is 0 Å². The van der Waals surface area contributed by atoms with Gasteiger partial charge < -0.3 is 10.1 Å². The molecule has 1 aliphatic heterocycles. The van der Waals surface area contributed by atoms with Crippen molar-refractivity contribution < 1.29 is 4.74 Å². The lowest BCUT2D eigenvalue weighted by atomic mass is 10.0. The van der Waals surface area contributed by atoms with Crippen molar-refractivity contribution in [2.45, 2.75) is 32.8 Å². The van der Waals surface area contributed by atoms with Gasteiger partial charge in [0.05, 0.1) is 6.61 Å². The Morgan fingerprint density at radius 2 is 2.24 bits per heavy atom. The summed E-state index contributed by atoms with van der Waals surface area (Å²) < 4.78 is 5.84. The molecule has 0 bridgehead atoms. The molecule has 2 rings (SSSR count). The SMILES string of the molecule is Cc1cccc(COCC2CCCNCC2)c1. The molecule has 1 unspecified atom stereocenters. The van der Waals surface area contributed by atoms with Crippen molar-refractivity contribution in [1.29, 1.82) is 0 Å². The van der Waals surface area contributed by atoms with E-state index in [1.165, 1.54) is 36.9 Å². The predicted octanol–water partition coefficient (Wildman–Crippen LogP) is 2.90. The molecule has 2 nitrogen and oxygen atoms in total. The predicted molar refractivity (Wildman–Crippen MR) is 71.0 cm³/mol. The maximum Gasteiger partial charge on any atom is 0.0717 e. The smallest absolute Gasteiger partial charge is 0.0717 e. The minimum absolute atomic E-state index is 0.745. The van der Waals surface area contributed by atoms with E-state index in [9.17, 15) is 0 Å². The van der Waals surface area contributed by atoms with Crippen LogP contribution in [0.25, 0.3) is 0 Å². The maximum atomic E-state index is 5.84. The van der Waals surface area contributed by atoms with Crippen molar-refractivity contribution >= 4 is 0 Å². The van der Waals surface area contributed by atoms with Crippen LogP contribution in [-0.2, 0) is 11.3 Å². The zero-order chi connectivity index (χ0) is 11.9. The summed E-state index contributed by atoms with van der Waals surface area (Å²) in [6, 6.07) is 8.57. The molecule has 1 heterocycles. The number of rotatable bonds is 4. The van der Waals surface area contributed by atoms with E-state index in [2.05, 4.69) is 36.5 Å². The number of ether oxygens (including phenoxy) is 1. The van der Waals surface area contributed by atoms with Gasteiger partial charge in [0.15, 0.2) is 0 Å². The van der Waals surface area contributed by atoms with Gasteiger partial charge in [0.1, 0.15) is 0 Å². The second-order valence-corrected chi connectivity index (χ2v) is 5.05. The summed E-state index contributed by atoms with van der Waals surface area (Å²) >= 11 is 0. The second-order valence-electron chi connectivity index (χ2n) is 5.05. The van der Waals surface area contributed by atoms with Crippen LogP contribution in [0.5, 0.6) is 0 Å². The van der Waals surface area contributed by atoms with E-state index in [0.29, 0.717) is 0 Å². The Balaban J connectivity index is 1.71. The van der Waals surface area contributed by atoms with Crippen LogP contribution in [0.1, 0.15) is 30.4 Å². The minimum atomic E-state index is 0.745. The van der Waals surface area contributed by atoms with E-state index < -0.39 is 0 Å². The third-order valence-corrected chi connectivity index (χ3v) is 3.40. The Hall–Kier alpha value is -0.860. The van der Waals surface area contributed by atoms with Gasteiger partial charge in [-0.2, -0.15) is 0 Å². The zero-order valence-corrected chi connectivity index (χ0v) is 10.7. The van der Waals surface area contributed by atoms with Crippen LogP contribution in [0, 0.1) is 12.8 Å². The van der Waals surface area contributed by atoms with Gasteiger partial charge in [0.25, 0.3) is 0 Å². The van der Waals surface area contributed by atoms with E-state index in [4.69, 9.17) is 4.74 Å². The molecule has 0 radical (unpaired) electrons. The van der Waals surface area contributed by atoms with Crippen LogP contribution in [0.4, 0.5) is 0 Å². The van der Waals surface area contributed by atoms with Gasteiger partial charge >= 0.3 is 0 Å². The van der Waals surface area contributed by atoms with Crippen LogP contribution in [0.15, 0.2) is 24.3 Å². The molecule has 1 aromatic rings. The fourth-order valence-corrected chi connectivity index (χ4v) is 2.40. The summed E-state index contributed by atoms with van der Waals surface area (Å²) in [5.74, 6) is 0.745. The zero-order valence-electron chi connectivity index (χ0n) is 10.7. The van der Waals surface area contributed by atoms with Gasteiger partial charge in [0.2, 0.25) is 0 Å². The average molecular weight is 233 g/mol. The van der Waals surface area contributed by atoms with E-state index in [0.717, 1.165) is 25.7 Å². The molecule has 2 heteroatoms. The molecule has 0 aromatic heterocycles. The third kappa shape index (κ3) is 4.49. The van der Waals surface area contributed by atoms with Crippen molar-refractivity contribution in [3.8, 4) is 0 Å². The molecular weight excluding hydrogens is 210 g/mol. The Morgan fingerprint density at radius 3 is 3.12 bits per heavy atom. The molecule has 17 heavy (non-hydrogen) atoms. The van der Waals surface area contributed by atoms with Crippen LogP contribution < -0.4 is 5.32 Å². The highest BCUT2D eigenvalue weighted by Crippen LogP contribution is 2.15. The molecule has 1 aromatic carbocycles. The first-order valence-corrected chi connectivity index (χ1v) is 6.68. The van der Waals surface area contributed by atoms with Crippen LogP contribution in [0.2, 0.25) is 0 Å². The van der Waals surface area contributed by atoms with Gasteiger partial charge in [0, 0.05) is 6.61 Å². The number of hydrogen-bond donors (Lipinski definition) is 1. The topological polar surface area (TPSA) is 21.3 Å². The highest BCUT2D eigenvalue weighted by molar-refractivity contribution is 5.21. The molecule has 94 valence electrons. The van der Waals surface area contributed by atoms with Crippen molar-refractivity contribution in [1.82, 2.24) is 5.32 Å². The van der Waals surface area contributed by atoms with Gasteiger partial charge in [-0.3, -0.25) is 0 Å². The first-order valence-electron chi connectivity index (χ1n) is 6.68. The molecule has 1 N–H and O–H groups in total. The Kier molecular flexibility index (Phi) is 5.02. The van der Waals surface area contributed by atoms with Gasteiger partial charge in [-0.25, -0.2) is 0 Å². The van der Waals surface area contributed by atoms with Crippen molar-refractivity contribution in [3.63, 3.8) is 0 Å². The molecule has 1 aliphatic rings. The highest BCUT2D eigenvalue weighted by Gasteiger charge is 2.11. The monoisotopic (exact) mass is 233 g/mol. The molecule has 1 atom stereocenters.